The molecule has 0 amide bonds. The number of halogens is 1. The van der Waals surface area contributed by atoms with Gasteiger partial charge in [-0.05, 0) is 34.1 Å². The van der Waals surface area contributed by atoms with Gasteiger partial charge in [0.1, 0.15) is 0 Å². The van der Waals surface area contributed by atoms with E-state index < -0.39 is 5.97 Å². The molecule has 1 heterocycles. The summed E-state index contributed by atoms with van der Waals surface area (Å²) in [6, 6.07) is 7.10. The number of nitrogens with one attached hydrogen (secondary N) is 1. The maximum absolute atomic E-state index is 10.7. The number of benzene rings is 1. The fourth-order valence-electron chi connectivity index (χ4n) is 1.23. The van der Waals surface area contributed by atoms with Crippen molar-refractivity contribution in [2.75, 3.05) is 5.32 Å². The maximum Gasteiger partial charge on any atom is 0.355 e. The summed E-state index contributed by atoms with van der Waals surface area (Å²) < 4.78 is 0.716. The predicted molar refractivity (Wildman–Crippen MR) is 71.2 cm³/mol. The number of anilines is 2. The van der Waals surface area contributed by atoms with Gasteiger partial charge in [0.2, 0.25) is 0 Å². The molecule has 1 aromatic carbocycles. The number of carbonyl (C=O) groups is 1. The van der Waals surface area contributed by atoms with Gasteiger partial charge < -0.3 is 10.4 Å². The molecule has 7 heteroatoms. The van der Waals surface area contributed by atoms with Gasteiger partial charge >= 0.3 is 5.97 Å². The van der Waals surface area contributed by atoms with Gasteiger partial charge in [0, 0.05) is 9.85 Å². The Morgan fingerprint density at radius 2 is 2.33 bits per heavy atom. The first kappa shape index (κ1) is 12.5. The third-order valence-corrected chi connectivity index (χ3v) is 3.48. The van der Waals surface area contributed by atoms with Gasteiger partial charge in [-0.15, -0.1) is 11.3 Å². The molecule has 0 aliphatic rings. The Kier molecular flexibility index (Phi) is 3.60. The monoisotopic (exact) mass is 323 g/mol. The number of rotatable bonds is 3. The van der Waals surface area contributed by atoms with E-state index in [1.165, 1.54) is 16.7 Å². The minimum absolute atomic E-state index is 0.00673. The lowest BCUT2D eigenvalue weighted by molar-refractivity contribution is 0.0691. The number of aromatic nitrogens is 1. The van der Waals surface area contributed by atoms with Crippen LogP contribution in [0.25, 0.3) is 0 Å². The fourth-order valence-corrected chi connectivity index (χ4v) is 2.41. The van der Waals surface area contributed by atoms with Crippen molar-refractivity contribution in [3.63, 3.8) is 0 Å². The van der Waals surface area contributed by atoms with Crippen molar-refractivity contribution >= 4 is 44.1 Å². The largest absolute Gasteiger partial charge is 0.476 e. The molecule has 90 valence electrons. The fraction of sp³-hybridized carbons (Fsp3) is 0. The van der Waals surface area contributed by atoms with Crippen LogP contribution in [0.5, 0.6) is 0 Å². The second-order valence-corrected chi connectivity index (χ2v) is 4.99. The highest BCUT2D eigenvalue weighted by molar-refractivity contribution is 9.10. The van der Waals surface area contributed by atoms with Crippen molar-refractivity contribution in [3.05, 3.63) is 39.3 Å². The normalized spacial score (nSPS) is 9.78. The van der Waals surface area contributed by atoms with Crippen LogP contribution in [0.15, 0.2) is 28.1 Å². The minimum atomic E-state index is -1.06. The number of hydrogen-bond donors (Lipinski definition) is 2. The van der Waals surface area contributed by atoms with Gasteiger partial charge in [-0.2, -0.15) is 5.26 Å². The van der Waals surface area contributed by atoms with Gasteiger partial charge in [-0.1, -0.05) is 0 Å². The van der Waals surface area contributed by atoms with Gasteiger partial charge in [0.25, 0.3) is 0 Å². The first-order valence-electron chi connectivity index (χ1n) is 4.75. The Morgan fingerprint density at radius 1 is 1.56 bits per heavy atom. The molecule has 0 bridgehead atoms. The lowest BCUT2D eigenvalue weighted by Gasteiger charge is -2.05. The van der Waals surface area contributed by atoms with Crippen LogP contribution in [-0.2, 0) is 0 Å². The van der Waals surface area contributed by atoms with E-state index in [0.29, 0.717) is 15.2 Å². The Bertz CT molecular complexity index is 648. The van der Waals surface area contributed by atoms with Crippen molar-refractivity contribution in [1.82, 2.24) is 4.98 Å². The van der Waals surface area contributed by atoms with Crippen LogP contribution < -0.4 is 5.32 Å². The van der Waals surface area contributed by atoms with E-state index in [2.05, 4.69) is 26.2 Å². The average molecular weight is 324 g/mol. The van der Waals surface area contributed by atoms with Crippen LogP contribution in [0.1, 0.15) is 16.1 Å². The van der Waals surface area contributed by atoms with E-state index in [-0.39, 0.29) is 5.69 Å². The summed E-state index contributed by atoms with van der Waals surface area (Å²) in [5.74, 6) is -1.06. The highest BCUT2D eigenvalue weighted by Gasteiger charge is 2.09. The van der Waals surface area contributed by atoms with E-state index in [4.69, 9.17) is 10.4 Å². The van der Waals surface area contributed by atoms with Crippen LogP contribution in [0.4, 0.5) is 10.8 Å². The second kappa shape index (κ2) is 5.16. The molecule has 0 spiro atoms. The molecule has 0 fully saturated rings. The number of thiazole rings is 1. The first-order valence-corrected chi connectivity index (χ1v) is 6.43. The van der Waals surface area contributed by atoms with Crippen LogP contribution in [-0.4, -0.2) is 16.1 Å². The first-order chi connectivity index (χ1) is 8.60. The molecule has 18 heavy (non-hydrogen) atoms. The van der Waals surface area contributed by atoms with Crippen molar-refractivity contribution in [3.8, 4) is 6.07 Å². The second-order valence-electron chi connectivity index (χ2n) is 3.27. The molecular weight excluding hydrogens is 318 g/mol. The predicted octanol–water partition coefficient (Wildman–Crippen LogP) is 3.22. The van der Waals surface area contributed by atoms with Gasteiger partial charge in [-0.25, -0.2) is 9.78 Å². The SMILES string of the molecule is N#Cc1ccc(Nc2nc(C(=O)O)cs2)c(Br)c1. The Hall–Kier alpha value is -1.91. The molecule has 2 N–H and O–H groups in total. The topological polar surface area (TPSA) is 86.0 Å². The summed E-state index contributed by atoms with van der Waals surface area (Å²) in [5, 5.41) is 22.4. The summed E-state index contributed by atoms with van der Waals surface area (Å²) in [7, 11) is 0. The highest BCUT2D eigenvalue weighted by atomic mass is 79.9. The van der Waals surface area contributed by atoms with Crippen LogP contribution in [0.2, 0.25) is 0 Å². The summed E-state index contributed by atoms with van der Waals surface area (Å²) in [5.41, 5.74) is 1.27. The number of carboxylic acid groups (broad SMARTS) is 1. The van der Waals surface area contributed by atoms with Crippen molar-refractivity contribution in [2.24, 2.45) is 0 Å². The molecular formula is C11H6BrN3O2S. The van der Waals surface area contributed by atoms with E-state index in [0.717, 1.165) is 5.69 Å². The Morgan fingerprint density at radius 3 is 2.89 bits per heavy atom. The molecule has 0 radical (unpaired) electrons. The van der Waals surface area contributed by atoms with Crippen molar-refractivity contribution < 1.29 is 9.90 Å². The van der Waals surface area contributed by atoms with E-state index in [9.17, 15) is 4.79 Å². The summed E-state index contributed by atoms with van der Waals surface area (Å²) in [6.45, 7) is 0. The van der Waals surface area contributed by atoms with Crippen LogP contribution >= 0.6 is 27.3 Å². The zero-order valence-electron chi connectivity index (χ0n) is 8.85. The number of carboxylic acids is 1. The Balaban J connectivity index is 2.23. The summed E-state index contributed by atoms with van der Waals surface area (Å²) in [6.07, 6.45) is 0. The molecule has 0 aliphatic heterocycles. The van der Waals surface area contributed by atoms with Crippen molar-refractivity contribution in [2.45, 2.75) is 0 Å². The van der Waals surface area contributed by atoms with Gasteiger partial charge in [0.05, 0.1) is 17.3 Å². The molecule has 0 saturated carbocycles. The van der Waals surface area contributed by atoms with Gasteiger partial charge in [0.15, 0.2) is 10.8 Å². The molecule has 0 atom stereocenters. The molecule has 5 nitrogen and oxygen atoms in total. The summed E-state index contributed by atoms with van der Waals surface area (Å²) >= 11 is 4.53. The average Bonchev–Trinajstić information content (AvgIpc) is 2.80. The molecule has 2 aromatic rings. The molecule has 1 aromatic heterocycles. The minimum Gasteiger partial charge on any atom is -0.476 e. The standard InChI is InChI=1S/C11H6BrN3O2S/c12-7-3-6(4-13)1-2-8(7)14-11-15-9(5-18-11)10(16)17/h1-3,5H,(H,14,15)(H,16,17). The third-order valence-electron chi connectivity index (χ3n) is 2.06. The lowest BCUT2D eigenvalue weighted by atomic mass is 10.2. The maximum atomic E-state index is 10.7. The van der Waals surface area contributed by atoms with Crippen molar-refractivity contribution in [1.29, 1.82) is 5.26 Å². The molecule has 0 saturated heterocycles. The van der Waals surface area contributed by atoms with E-state index in [1.807, 2.05) is 6.07 Å². The molecule has 0 unspecified atom stereocenters. The van der Waals surface area contributed by atoms with E-state index >= 15 is 0 Å². The smallest absolute Gasteiger partial charge is 0.355 e. The highest BCUT2D eigenvalue weighted by Crippen LogP contribution is 2.28. The number of aromatic carboxylic acids is 1. The number of hydrogen-bond acceptors (Lipinski definition) is 5. The van der Waals surface area contributed by atoms with E-state index in [1.54, 1.807) is 18.2 Å². The summed E-state index contributed by atoms with van der Waals surface area (Å²) in [4.78, 5) is 14.6. The van der Waals surface area contributed by atoms with Gasteiger partial charge in [-0.3, -0.25) is 0 Å². The quantitative estimate of drug-likeness (QED) is 0.905. The lowest BCUT2D eigenvalue weighted by Crippen LogP contribution is -1.97. The zero-order chi connectivity index (χ0) is 13.1. The van der Waals surface area contributed by atoms with Crippen LogP contribution in [0.3, 0.4) is 0 Å². The zero-order valence-corrected chi connectivity index (χ0v) is 11.2. The Labute approximate surface area is 115 Å². The number of nitriles is 1. The van der Waals surface area contributed by atoms with Crippen LogP contribution in [0, 0.1) is 11.3 Å². The third kappa shape index (κ3) is 2.67. The number of nitrogens with zero attached hydrogens (tertiary/aromatic N) is 2. The molecule has 0 aliphatic carbocycles. The molecule has 2 rings (SSSR count).